The van der Waals surface area contributed by atoms with Gasteiger partial charge in [0.2, 0.25) is 11.5 Å². The molecule has 2 aromatic heterocycles. The van der Waals surface area contributed by atoms with Gasteiger partial charge in [0, 0.05) is 24.5 Å². The van der Waals surface area contributed by atoms with Crippen LogP contribution in [0.5, 0.6) is 5.75 Å². The number of amides is 1. The molecular formula is C17H19ClN5O3S-. The van der Waals surface area contributed by atoms with E-state index < -0.39 is 5.91 Å². The van der Waals surface area contributed by atoms with Gasteiger partial charge in [0.05, 0.1) is 0 Å². The highest BCUT2D eigenvalue weighted by Gasteiger charge is 2.14. The SMILES string of the molecule is Nc1nonc1C(=O)NCCNCc1ccc(OCc2cccs2)cc1.[Cl-]. The molecule has 2 heterocycles. The second kappa shape index (κ2) is 10.5. The number of nitrogen functional groups attached to an aromatic ring is 1. The monoisotopic (exact) mass is 408 g/mol. The molecule has 0 bridgehead atoms. The molecule has 0 saturated carbocycles. The van der Waals surface area contributed by atoms with Crippen LogP contribution in [-0.2, 0) is 13.2 Å². The second-order valence-electron chi connectivity index (χ2n) is 5.44. The average Bonchev–Trinajstić information content (AvgIpc) is 3.32. The predicted octanol–water partition coefficient (Wildman–Crippen LogP) is -1.18. The first-order valence-electron chi connectivity index (χ1n) is 8.03. The molecular weight excluding hydrogens is 390 g/mol. The molecule has 1 amide bonds. The van der Waals surface area contributed by atoms with Crippen molar-refractivity contribution in [3.8, 4) is 5.75 Å². The van der Waals surface area contributed by atoms with E-state index in [4.69, 9.17) is 10.5 Å². The Balaban J connectivity index is 0.00000261. The van der Waals surface area contributed by atoms with Crippen LogP contribution in [0.4, 0.5) is 5.82 Å². The Bertz CT molecular complexity index is 823. The molecule has 4 N–H and O–H groups in total. The highest BCUT2D eigenvalue weighted by Crippen LogP contribution is 2.16. The maximum absolute atomic E-state index is 11.7. The largest absolute Gasteiger partial charge is 1.00 e. The number of nitrogens with two attached hydrogens (primary N) is 1. The number of ether oxygens (including phenoxy) is 1. The third-order valence-electron chi connectivity index (χ3n) is 3.53. The molecule has 0 aliphatic rings. The van der Waals surface area contributed by atoms with Gasteiger partial charge >= 0.3 is 0 Å². The summed E-state index contributed by atoms with van der Waals surface area (Å²) in [6.07, 6.45) is 0. The van der Waals surface area contributed by atoms with Gasteiger partial charge in [-0.05, 0) is 39.5 Å². The van der Waals surface area contributed by atoms with Crippen molar-refractivity contribution in [3.05, 3.63) is 57.9 Å². The summed E-state index contributed by atoms with van der Waals surface area (Å²) < 4.78 is 10.1. The first-order chi connectivity index (χ1) is 12.7. The van der Waals surface area contributed by atoms with Crippen LogP contribution in [0, 0.1) is 0 Å². The van der Waals surface area contributed by atoms with E-state index in [1.807, 2.05) is 35.7 Å². The van der Waals surface area contributed by atoms with Crippen LogP contribution in [0.15, 0.2) is 46.4 Å². The normalized spacial score (nSPS) is 10.2. The zero-order valence-electron chi connectivity index (χ0n) is 14.4. The first kappa shape index (κ1) is 20.7. The van der Waals surface area contributed by atoms with Crippen molar-refractivity contribution in [3.63, 3.8) is 0 Å². The van der Waals surface area contributed by atoms with Crippen molar-refractivity contribution in [1.29, 1.82) is 0 Å². The summed E-state index contributed by atoms with van der Waals surface area (Å²) in [5, 5.41) is 14.8. The lowest BCUT2D eigenvalue weighted by Crippen LogP contribution is -3.00. The van der Waals surface area contributed by atoms with Gasteiger partial charge in [0.15, 0.2) is 0 Å². The number of nitrogens with one attached hydrogen (secondary N) is 2. The zero-order chi connectivity index (χ0) is 18.2. The van der Waals surface area contributed by atoms with E-state index in [2.05, 4.69) is 31.6 Å². The number of carbonyl (C=O) groups excluding carboxylic acids is 1. The minimum atomic E-state index is -0.405. The minimum Gasteiger partial charge on any atom is -1.00 e. The Hall–Kier alpha value is -2.62. The number of benzene rings is 1. The molecule has 0 fully saturated rings. The van der Waals surface area contributed by atoms with E-state index in [0.29, 0.717) is 26.2 Å². The van der Waals surface area contributed by atoms with E-state index in [9.17, 15) is 4.79 Å². The third kappa shape index (κ3) is 6.24. The van der Waals surface area contributed by atoms with Crippen LogP contribution in [0.25, 0.3) is 0 Å². The van der Waals surface area contributed by atoms with Crippen molar-refractivity contribution in [2.45, 2.75) is 13.2 Å². The number of anilines is 1. The summed E-state index contributed by atoms with van der Waals surface area (Å²) >= 11 is 1.68. The van der Waals surface area contributed by atoms with Crippen molar-refractivity contribution in [1.82, 2.24) is 20.9 Å². The molecule has 10 heteroatoms. The van der Waals surface area contributed by atoms with Gasteiger partial charge < -0.3 is 33.5 Å². The summed E-state index contributed by atoms with van der Waals surface area (Å²) in [5.41, 5.74) is 6.59. The molecule has 8 nitrogen and oxygen atoms in total. The molecule has 27 heavy (non-hydrogen) atoms. The highest BCUT2D eigenvalue weighted by molar-refractivity contribution is 7.09. The maximum atomic E-state index is 11.7. The molecule has 0 aliphatic heterocycles. The molecule has 0 atom stereocenters. The van der Waals surface area contributed by atoms with Crippen molar-refractivity contribution in [2.75, 3.05) is 18.8 Å². The lowest BCUT2D eigenvalue weighted by molar-refractivity contribution is -0.0000145. The Morgan fingerprint density at radius 2 is 2.00 bits per heavy atom. The Morgan fingerprint density at radius 1 is 1.19 bits per heavy atom. The van der Waals surface area contributed by atoms with Gasteiger partial charge in [-0.3, -0.25) is 4.79 Å². The summed E-state index contributed by atoms with van der Waals surface area (Å²) in [4.78, 5) is 12.9. The summed E-state index contributed by atoms with van der Waals surface area (Å²) in [6, 6.07) is 12.0. The lowest BCUT2D eigenvalue weighted by atomic mass is 10.2. The van der Waals surface area contributed by atoms with E-state index in [1.165, 1.54) is 4.88 Å². The highest BCUT2D eigenvalue weighted by atomic mass is 35.5. The molecule has 3 aromatic rings. The fourth-order valence-corrected chi connectivity index (χ4v) is 2.80. The van der Waals surface area contributed by atoms with E-state index in [0.717, 1.165) is 11.3 Å². The number of halogens is 1. The number of carbonyl (C=O) groups is 1. The molecule has 0 radical (unpaired) electrons. The fraction of sp³-hybridized carbons (Fsp3) is 0.235. The van der Waals surface area contributed by atoms with Crippen LogP contribution in [0.3, 0.4) is 0 Å². The number of hydrogen-bond donors (Lipinski definition) is 3. The molecule has 0 aliphatic carbocycles. The van der Waals surface area contributed by atoms with Gasteiger partial charge in [-0.1, -0.05) is 18.2 Å². The van der Waals surface area contributed by atoms with Crippen molar-refractivity contribution < 1.29 is 26.6 Å². The van der Waals surface area contributed by atoms with Crippen LogP contribution >= 0.6 is 11.3 Å². The van der Waals surface area contributed by atoms with Crippen molar-refractivity contribution in [2.24, 2.45) is 0 Å². The van der Waals surface area contributed by atoms with E-state index in [-0.39, 0.29) is 23.9 Å². The third-order valence-corrected chi connectivity index (χ3v) is 4.38. The zero-order valence-corrected chi connectivity index (χ0v) is 15.9. The first-order valence-corrected chi connectivity index (χ1v) is 8.91. The van der Waals surface area contributed by atoms with Crippen LogP contribution in [0.1, 0.15) is 20.9 Å². The van der Waals surface area contributed by atoms with Crippen LogP contribution in [0.2, 0.25) is 0 Å². The minimum absolute atomic E-state index is 0. The molecule has 0 unspecified atom stereocenters. The van der Waals surface area contributed by atoms with Crippen molar-refractivity contribution >= 4 is 23.1 Å². The average molecular weight is 409 g/mol. The molecule has 1 aromatic carbocycles. The summed E-state index contributed by atoms with van der Waals surface area (Å²) in [7, 11) is 0. The lowest BCUT2D eigenvalue weighted by Gasteiger charge is -2.08. The maximum Gasteiger partial charge on any atom is 0.277 e. The van der Waals surface area contributed by atoms with Gasteiger partial charge in [-0.15, -0.1) is 11.3 Å². The number of hydrogen-bond acceptors (Lipinski definition) is 8. The molecule has 0 spiro atoms. The number of thiophene rings is 1. The predicted molar refractivity (Wildman–Crippen MR) is 97.8 cm³/mol. The summed E-state index contributed by atoms with van der Waals surface area (Å²) in [5.74, 6) is 0.419. The quantitative estimate of drug-likeness (QED) is 0.381. The van der Waals surface area contributed by atoms with E-state index >= 15 is 0 Å². The van der Waals surface area contributed by atoms with Crippen LogP contribution in [-0.4, -0.2) is 29.3 Å². The standard InChI is InChI=1S/C17H19N5O3S.ClH/c18-16-15(21-25-22-16)17(23)20-8-7-19-10-12-3-5-13(6-4-12)24-11-14-2-1-9-26-14;/h1-6,9,19H,7-8,10-11H2,(H2,18,22)(H,20,23);1H/p-1. The number of nitrogens with zero attached hydrogens (tertiary/aromatic N) is 2. The number of rotatable bonds is 9. The number of aromatic nitrogens is 2. The topological polar surface area (TPSA) is 115 Å². The van der Waals surface area contributed by atoms with Gasteiger partial charge in [-0.25, -0.2) is 4.63 Å². The van der Waals surface area contributed by atoms with E-state index in [1.54, 1.807) is 11.3 Å². The van der Waals surface area contributed by atoms with Gasteiger partial charge in [0.1, 0.15) is 12.4 Å². The van der Waals surface area contributed by atoms with Crippen LogP contribution < -0.4 is 33.5 Å². The Morgan fingerprint density at radius 3 is 2.67 bits per heavy atom. The summed E-state index contributed by atoms with van der Waals surface area (Å²) in [6.45, 7) is 2.32. The smallest absolute Gasteiger partial charge is 0.277 e. The molecule has 0 saturated heterocycles. The fourth-order valence-electron chi connectivity index (χ4n) is 2.19. The van der Waals surface area contributed by atoms with Gasteiger partial charge in [0.25, 0.3) is 5.91 Å². The van der Waals surface area contributed by atoms with Gasteiger partial charge in [-0.2, -0.15) is 0 Å². The Labute approximate surface area is 166 Å². The Kier molecular flexibility index (Phi) is 8.05. The molecule has 3 rings (SSSR count). The second-order valence-corrected chi connectivity index (χ2v) is 6.47. The molecule has 144 valence electrons.